The van der Waals surface area contributed by atoms with Crippen molar-refractivity contribution in [1.82, 2.24) is 0 Å². The molecule has 6 rings (SSSR count). The van der Waals surface area contributed by atoms with Gasteiger partial charge in [-0.25, -0.2) is 0 Å². The zero-order valence-electron chi connectivity index (χ0n) is 34.1. The van der Waals surface area contributed by atoms with E-state index in [2.05, 4.69) is 111 Å². The van der Waals surface area contributed by atoms with E-state index in [0.717, 1.165) is 18.3 Å². The van der Waals surface area contributed by atoms with Crippen LogP contribution in [0.2, 0.25) is 0 Å². The van der Waals surface area contributed by atoms with E-state index >= 15 is 0 Å². The maximum atomic E-state index is 6.69. The van der Waals surface area contributed by atoms with Crippen LogP contribution in [0.1, 0.15) is 183 Å². The van der Waals surface area contributed by atoms with Crippen molar-refractivity contribution in [3.05, 3.63) is 52.7 Å². The molecule has 2 aliphatic carbocycles. The van der Waals surface area contributed by atoms with Crippen molar-refractivity contribution in [2.45, 2.75) is 206 Å². The van der Waals surface area contributed by atoms with Crippen molar-refractivity contribution in [3.8, 4) is 0 Å². The first-order chi connectivity index (χ1) is 24.2. The molecular weight excluding hydrogens is 628 g/mol. The van der Waals surface area contributed by atoms with Gasteiger partial charge in [-0.1, -0.05) is 115 Å². The highest BCUT2D eigenvalue weighted by atomic mass is 16.7. The Morgan fingerprint density at radius 1 is 0.647 bits per heavy atom. The molecule has 3 aliphatic heterocycles. The SMILES string of the molecule is CCCCCCCCC(CCCCCCCC)N1C2=CC(B3OC(C)(C)C(C)(C)O3)=CCC23CC=Cc2cc(B4OC(C)(C)C(C)(C)O4)cc1c23. The fourth-order valence-corrected chi connectivity index (χ4v) is 8.98. The minimum Gasteiger partial charge on any atom is -0.399 e. The van der Waals surface area contributed by atoms with Crippen LogP contribution in [-0.4, -0.2) is 42.7 Å². The van der Waals surface area contributed by atoms with Gasteiger partial charge in [0.1, 0.15) is 0 Å². The van der Waals surface area contributed by atoms with Crippen molar-refractivity contribution >= 4 is 31.5 Å². The molecule has 7 heteroatoms. The normalized spacial score (nSPS) is 25.0. The highest BCUT2D eigenvalue weighted by Crippen LogP contribution is 2.59. The molecule has 5 nitrogen and oxygen atoms in total. The Hall–Kier alpha value is -1.79. The number of hydrogen-bond donors (Lipinski definition) is 0. The molecule has 1 aromatic carbocycles. The molecule has 0 N–H and O–H groups in total. The molecule has 1 aromatic rings. The largest absolute Gasteiger partial charge is 0.494 e. The Morgan fingerprint density at radius 3 is 1.71 bits per heavy atom. The molecule has 0 saturated carbocycles. The molecule has 0 amide bonds. The molecule has 5 aliphatic rings. The second-order valence-electron chi connectivity index (χ2n) is 18.4. The molecule has 280 valence electrons. The Kier molecular flexibility index (Phi) is 11.6. The zero-order chi connectivity index (χ0) is 36.7. The number of benzene rings is 1. The molecule has 0 aromatic heterocycles. The van der Waals surface area contributed by atoms with Crippen LogP contribution in [0.5, 0.6) is 0 Å². The van der Waals surface area contributed by atoms with Crippen molar-refractivity contribution in [2.75, 3.05) is 4.90 Å². The predicted octanol–water partition coefficient (Wildman–Crippen LogP) is 11.2. The van der Waals surface area contributed by atoms with Crippen molar-refractivity contribution in [1.29, 1.82) is 0 Å². The average molecular weight is 698 g/mol. The maximum absolute atomic E-state index is 6.69. The highest BCUT2D eigenvalue weighted by Gasteiger charge is 2.57. The Labute approximate surface area is 312 Å². The number of nitrogens with zero attached hydrogens (tertiary/aromatic N) is 1. The lowest BCUT2D eigenvalue weighted by Crippen LogP contribution is -2.41. The van der Waals surface area contributed by atoms with Gasteiger partial charge in [0.05, 0.1) is 22.4 Å². The third-order valence-electron chi connectivity index (χ3n) is 13.6. The molecule has 0 bridgehead atoms. The number of hydrogen-bond acceptors (Lipinski definition) is 5. The molecule has 0 radical (unpaired) electrons. The smallest absolute Gasteiger partial charge is 0.399 e. The maximum Gasteiger partial charge on any atom is 0.494 e. The van der Waals surface area contributed by atoms with Crippen LogP contribution in [0, 0.1) is 0 Å². The lowest BCUT2D eigenvalue weighted by Gasteiger charge is -2.40. The topological polar surface area (TPSA) is 40.2 Å². The number of anilines is 1. The van der Waals surface area contributed by atoms with Crippen LogP contribution in [0.25, 0.3) is 6.08 Å². The van der Waals surface area contributed by atoms with Gasteiger partial charge in [-0.3, -0.25) is 0 Å². The monoisotopic (exact) mass is 698 g/mol. The second kappa shape index (κ2) is 15.2. The summed E-state index contributed by atoms with van der Waals surface area (Å²) in [4.78, 5) is 2.82. The standard InChI is InChI=1S/C44H69B2NO4/c1-11-13-15-17-19-21-25-36(26-22-20-18-16-14-12-2)47-37-31-35(46-50-42(7,8)43(9,10)51-46)30-33-24-23-28-44(39(33)37)29-27-34(32-38(44)47)45-48-40(3,4)41(5,6)49-45/h23-24,27,30-32,36H,11-22,25-26,28-29H2,1-10H3. The van der Waals surface area contributed by atoms with E-state index in [1.54, 1.807) is 0 Å². The fraction of sp³-hybridized carbons (Fsp3) is 0.727. The summed E-state index contributed by atoms with van der Waals surface area (Å²) < 4.78 is 26.7. The molecular formula is C44H69B2NO4. The lowest BCUT2D eigenvalue weighted by atomic mass is 9.63. The molecule has 1 unspecified atom stereocenters. The first-order valence-electron chi connectivity index (χ1n) is 20.9. The van der Waals surface area contributed by atoms with Crippen LogP contribution in [-0.2, 0) is 24.0 Å². The van der Waals surface area contributed by atoms with Crippen LogP contribution in [0.4, 0.5) is 5.69 Å². The molecule has 1 spiro atoms. The molecule has 1 atom stereocenters. The predicted molar refractivity (Wildman–Crippen MR) is 217 cm³/mol. The van der Waals surface area contributed by atoms with E-state index in [0.29, 0.717) is 6.04 Å². The third-order valence-corrected chi connectivity index (χ3v) is 13.6. The van der Waals surface area contributed by atoms with Crippen LogP contribution >= 0.6 is 0 Å². The van der Waals surface area contributed by atoms with E-state index in [-0.39, 0.29) is 34.9 Å². The summed E-state index contributed by atoms with van der Waals surface area (Å²) in [5, 5.41) is 0. The van der Waals surface area contributed by atoms with Gasteiger partial charge in [0.15, 0.2) is 0 Å². The first-order valence-corrected chi connectivity index (χ1v) is 20.9. The van der Waals surface area contributed by atoms with Crippen LogP contribution < -0.4 is 10.4 Å². The lowest BCUT2D eigenvalue weighted by molar-refractivity contribution is 0.00578. The highest BCUT2D eigenvalue weighted by molar-refractivity contribution is 6.62. The summed E-state index contributed by atoms with van der Waals surface area (Å²) in [6.45, 7) is 21.9. The minimum atomic E-state index is -0.393. The second-order valence-corrected chi connectivity index (χ2v) is 18.4. The number of unbranched alkanes of at least 4 members (excludes halogenated alkanes) is 10. The first kappa shape index (κ1) is 38.9. The fourth-order valence-electron chi connectivity index (χ4n) is 8.98. The Morgan fingerprint density at radius 2 is 1.16 bits per heavy atom. The van der Waals surface area contributed by atoms with E-state index in [1.807, 2.05) is 0 Å². The van der Waals surface area contributed by atoms with E-state index in [1.165, 1.54) is 118 Å². The van der Waals surface area contributed by atoms with Gasteiger partial charge in [-0.05, 0) is 115 Å². The van der Waals surface area contributed by atoms with E-state index < -0.39 is 7.12 Å². The van der Waals surface area contributed by atoms with Crippen molar-refractivity contribution in [2.24, 2.45) is 0 Å². The summed E-state index contributed by atoms with van der Waals surface area (Å²) >= 11 is 0. The summed E-state index contributed by atoms with van der Waals surface area (Å²) in [6, 6.07) is 5.25. The summed E-state index contributed by atoms with van der Waals surface area (Å²) in [5.74, 6) is 0. The quantitative estimate of drug-likeness (QED) is 0.120. The van der Waals surface area contributed by atoms with Gasteiger partial charge in [-0.2, -0.15) is 0 Å². The minimum absolute atomic E-state index is 0.0818. The van der Waals surface area contributed by atoms with Gasteiger partial charge >= 0.3 is 14.2 Å². The van der Waals surface area contributed by atoms with Crippen LogP contribution in [0.3, 0.4) is 0 Å². The van der Waals surface area contributed by atoms with E-state index in [4.69, 9.17) is 18.6 Å². The van der Waals surface area contributed by atoms with Gasteiger partial charge in [-0.15, -0.1) is 0 Å². The van der Waals surface area contributed by atoms with Gasteiger partial charge in [0.2, 0.25) is 0 Å². The Bertz CT molecular complexity index is 1440. The van der Waals surface area contributed by atoms with Gasteiger partial charge < -0.3 is 23.5 Å². The Balaban J connectivity index is 1.40. The van der Waals surface area contributed by atoms with Crippen LogP contribution in [0.15, 0.2) is 41.5 Å². The van der Waals surface area contributed by atoms with Crippen molar-refractivity contribution < 1.29 is 18.6 Å². The zero-order valence-corrected chi connectivity index (χ0v) is 34.1. The molecule has 2 fully saturated rings. The van der Waals surface area contributed by atoms with Gasteiger partial charge in [0.25, 0.3) is 0 Å². The van der Waals surface area contributed by atoms with Crippen molar-refractivity contribution in [3.63, 3.8) is 0 Å². The molecule has 2 saturated heterocycles. The number of rotatable bonds is 17. The third kappa shape index (κ3) is 7.49. The summed E-state index contributed by atoms with van der Waals surface area (Å²) in [6.07, 6.45) is 30.0. The number of allylic oxidation sites excluding steroid dienone is 5. The molecule has 51 heavy (non-hydrogen) atoms. The summed E-state index contributed by atoms with van der Waals surface area (Å²) in [5.41, 5.74) is 6.34. The van der Waals surface area contributed by atoms with E-state index in [9.17, 15) is 0 Å². The van der Waals surface area contributed by atoms with Gasteiger partial charge in [0, 0.05) is 22.8 Å². The summed E-state index contributed by atoms with van der Waals surface area (Å²) in [7, 11) is -0.754. The average Bonchev–Trinajstić information content (AvgIpc) is 3.58. The molecule has 3 heterocycles.